The molecule has 3 aliphatic rings. The highest BCUT2D eigenvalue weighted by atomic mass is 16.6. The number of rotatable bonds is 8. The van der Waals surface area contributed by atoms with Crippen molar-refractivity contribution in [3.05, 3.63) is 29.8 Å². The van der Waals surface area contributed by atoms with Gasteiger partial charge in [-0.15, -0.1) is 0 Å². The predicted octanol–water partition coefficient (Wildman–Crippen LogP) is 2.55. The van der Waals surface area contributed by atoms with Crippen molar-refractivity contribution in [3.63, 3.8) is 0 Å². The molecule has 0 radical (unpaired) electrons. The van der Waals surface area contributed by atoms with E-state index in [-0.39, 0.29) is 44.4 Å². The fourth-order valence-electron chi connectivity index (χ4n) is 6.89. The second-order valence-electron chi connectivity index (χ2n) is 11.5. The Bertz CT molecular complexity index is 1080. The molecule has 1 N–H and O–H groups in total. The number of amides is 2. The molecule has 0 aromatic heterocycles. The topological polar surface area (TPSA) is 123 Å². The third kappa shape index (κ3) is 4.52. The maximum absolute atomic E-state index is 14.0. The molecule has 10 heteroatoms. The summed E-state index contributed by atoms with van der Waals surface area (Å²) in [6.07, 6.45) is 0.345. The third-order valence-electron chi connectivity index (χ3n) is 8.21. The van der Waals surface area contributed by atoms with Crippen molar-refractivity contribution in [2.24, 2.45) is 17.3 Å². The van der Waals surface area contributed by atoms with Gasteiger partial charge >= 0.3 is 12.1 Å². The average molecular weight is 531 g/mol. The van der Waals surface area contributed by atoms with E-state index in [1.165, 1.54) is 4.90 Å². The van der Waals surface area contributed by atoms with Crippen LogP contribution in [-0.4, -0.2) is 83.2 Å². The lowest BCUT2D eigenvalue weighted by atomic mass is 9.53. The van der Waals surface area contributed by atoms with Crippen LogP contribution in [-0.2, 0) is 30.4 Å². The quantitative estimate of drug-likeness (QED) is 0.402. The molecule has 38 heavy (non-hydrogen) atoms. The van der Waals surface area contributed by atoms with E-state index < -0.39 is 47.2 Å². The number of esters is 1. The van der Waals surface area contributed by atoms with Gasteiger partial charge in [-0.05, 0) is 64.2 Å². The molecule has 2 aliphatic heterocycles. The van der Waals surface area contributed by atoms with Gasteiger partial charge in [-0.2, -0.15) is 0 Å². The van der Waals surface area contributed by atoms with Crippen LogP contribution in [0.4, 0.5) is 4.79 Å². The zero-order chi connectivity index (χ0) is 27.9. The van der Waals surface area contributed by atoms with Crippen molar-refractivity contribution >= 4 is 24.3 Å². The number of benzene rings is 1. The van der Waals surface area contributed by atoms with Gasteiger partial charge < -0.3 is 33.9 Å². The molecule has 1 aliphatic carbocycles. The lowest BCUT2D eigenvalue weighted by Gasteiger charge is -2.61. The van der Waals surface area contributed by atoms with Crippen LogP contribution in [0.25, 0.3) is 0 Å². The van der Waals surface area contributed by atoms with Crippen LogP contribution in [0.15, 0.2) is 24.3 Å². The Morgan fingerprint density at radius 2 is 1.89 bits per heavy atom. The van der Waals surface area contributed by atoms with Crippen LogP contribution in [0.2, 0.25) is 0 Å². The van der Waals surface area contributed by atoms with Gasteiger partial charge in [0.25, 0.3) is 0 Å². The second kappa shape index (κ2) is 10.2. The summed E-state index contributed by atoms with van der Waals surface area (Å²) in [5.74, 6) is -0.933. The predicted molar refractivity (Wildman–Crippen MR) is 136 cm³/mol. The lowest BCUT2D eigenvalue weighted by molar-refractivity contribution is -0.169. The summed E-state index contributed by atoms with van der Waals surface area (Å²) in [5, 5.41) is 10.7. The Hall–Kier alpha value is -3.14. The summed E-state index contributed by atoms with van der Waals surface area (Å²) < 4.78 is 16.3. The first kappa shape index (κ1) is 27.9. The normalized spacial score (nSPS) is 30.2. The van der Waals surface area contributed by atoms with Gasteiger partial charge in [0.1, 0.15) is 17.6 Å². The molecule has 208 valence electrons. The minimum Gasteiger partial charge on any atom is -0.497 e. The minimum atomic E-state index is -1.45. The summed E-state index contributed by atoms with van der Waals surface area (Å²) >= 11 is 0. The number of nitrogens with zero attached hydrogens (tertiary/aromatic N) is 2. The van der Waals surface area contributed by atoms with Gasteiger partial charge in [-0.1, -0.05) is 12.1 Å². The number of carbonyl (C=O) groups is 4. The van der Waals surface area contributed by atoms with E-state index in [9.17, 15) is 24.3 Å². The summed E-state index contributed by atoms with van der Waals surface area (Å²) in [4.78, 5) is 56.6. The fourth-order valence-corrected chi connectivity index (χ4v) is 6.89. The number of aldehydes is 1. The van der Waals surface area contributed by atoms with Crippen LogP contribution in [0.1, 0.15) is 52.5 Å². The molecule has 2 amide bonds. The van der Waals surface area contributed by atoms with E-state index in [2.05, 4.69) is 0 Å². The van der Waals surface area contributed by atoms with E-state index >= 15 is 0 Å². The summed E-state index contributed by atoms with van der Waals surface area (Å²) in [5.41, 5.74) is -2.71. The average Bonchev–Trinajstić information content (AvgIpc) is 3.02. The molecule has 3 fully saturated rings. The lowest BCUT2D eigenvalue weighted by Crippen LogP contribution is -2.75. The monoisotopic (exact) mass is 530 g/mol. The number of aliphatic hydroxyl groups excluding tert-OH is 1. The molecule has 2 saturated heterocycles. The van der Waals surface area contributed by atoms with Gasteiger partial charge in [-0.3, -0.25) is 9.59 Å². The van der Waals surface area contributed by atoms with E-state index in [4.69, 9.17) is 14.2 Å². The van der Waals surface area contributed by atoms with Crippen LogP contribution in [0.3, 0.4) is 0 Å². The Morgan fingerprint density at radius 3 is 2.45 bits per heavy atom. The number of likely N-dealkylation sites (tertiary alicyclic amines) is 2. The first-order valence-corrected chi connectivity index (χ1v) is 13.1. The highest BCUT2D eigenvalue weighted by molar-refractivity contribution is 5.88. The van der Waals surface area contributed by atoms with Gasteiger partial charge in [0.15, 0.2) is 0 Å². The van der Waals surface area contributed by atoms with E-state index in [0.29, 0.717) is 18.5 Å². The van der Waals surface area contributed by atoms with E-state index in [0.717, 1.165) is 5.56 Å². The molecule has 1 aromatic carbocycles. The van der Waals surface area contributed by atoms with Gasteiger partial charge in [0.05, 0.1) is 43.7 Å². The third-order valence-corrected chi connectivity index (χ3v) is 8.21. The zero-order valence-corrected chi connectivity index (χ0v) is 22.8. The maximum atomic E-state index is 14.0. The molecular weight excluding hydrogens is 492 g/mol. The number of aliphatic hydroxyl groups is 1. The van der Waals surface area contributed by atoms with Crippen molar-refractivity contribution in [1.82, 2.24) is 9.80 Å². The summed E-state index contributed by atoms with van der Waals surface area (Å²) in [7, 11) is 1.57. The number of piperidine rings is 1. The molecule has 2 heterocycles. The number of ether oxygens (including phenoxy) is 3. The number of methoxy groups -OCH3 is 1. The Kier molecular flexibility index (Phi) is 7.49. The van der Waals surface area contributed by atoms with Crippen molar-refractivity contribution in [2.75, 3.05) is 26.9 Å². The largest absolute Gasteiger partial charge is 0.497 e. The van der Waals surface area contributed by atoms with Gasteiger partial charge in [0.2, 0.25) is 5.91 Å². The maximum Gasteiger partial charge on any atom is 0.410 e. The number of hydrogen-bond acceptors (Lipinski definition) is 8. The molecule has 1 aromatic rings. The molecule has 5 atom stereocenters. The first-order valence-electron chi connectivity index (χ1n) is 13.1. The summed E-state index contributed by atoms with van der Waals surface area (Å²) in [6, 6.07) is 6.28. The molecule has 0 unspecified atom stereocenters. The van der Waals surface area contributed by atoms with Crippen molar-refractivity contribution in [1.29, 1.82) is 0 Å². The molecule has 10 nitrogen and oxygen atoms in total. The molecule has 1 saturated carbocycles. The first-order chi connectivity index (χ1) is 18.0. The van der Waals surface area contributed by atoms with Crippen LogP contribution in [0.5, 0.6) is 5.75 Å². The van der Waals surface area contributed by atoms with E-state index in [1.807, 2.05) is 12.1 Å². The SMILES string of the molecule is CCOC(=O)C[C@]12[C@@H]3CCN(C(=O)OC(C)(C)C)[C@H]1[C@@](C=O)(CO)C[C@H]3C(=O)N2Cc1ccc(OC)cc1. The Balaban J connectivity index is 1.89. The minimum absolute atomic E-state index is 0.0875. The van der Waals surface area contributed by atoms with Crippen LogP contribution < -0.4 is 4.74 Å². The van der Waals surface area contributed by atoms with E-state index in [1.54, 1.807) is 51.8 Å². The molecule has 4 rings (SSSR count). The van der Waals surface area contributed by atoms with Gasteiger partial charge in [-0.25, -0.2) is 4.79 Å². The van der Waals surface area contributed by atoms with Crippen molar-refractivity contribution in [2.45, 2.75) is 70.7 Å². The fraction of sp³-hybridized carbons (Fsp3) is 0.643. The smallest absolute Gasteiger partial charge is 0.410 e. The highest BCUT2D eigenvalue weighted by Crippen LogP contribution is 2.62. The van der Waals surface area contributed by atoms with Crippen LogP contribution in [0, 0.1) is 17.3 Å². The van der Waals surface area contributed by atoms with Crippen molar-refractivity contribution in [3.8, 4) is 5.75 Å². The molecule has 4 bridgehead atoms. The standard InChI is InChI=1S/C28H38N2O8/c1-6-37-22(33)14-28-21-11-12-29(25(35)38-26(2,3)4)24(28)27(16-31,17-32)13-20(21)23(34)30(28)15-18-7-9-19(36-5)10-8-18/h7-10,16,20-21,24,32H,6,11-15,17H2,1-5H3/t20-,21-,24+,27+,28+/m1/s1. The highest BCUT2D eigenvalue weighted by Gasteiger charge is 2.74. The number of hydrogen-bond donors (Lipinski definition) is 1. The number of carbonyl (C=O) groups excluding carboxylic acids is 4. The van der Waals surface area contributed by atoms with Gasteiger partial charge in [0, 0.05) is 19.0 Å². The molecular formula is C28H38N2O8. The summed E-state index contributed by atoms with van der Waals surface area (Å²) in [6.45, 7) is 6.92. The van der Waals surface area contributed by atoms with Crippen LogP contribution >= 0.6 is 0 Å². The second-order valence-corrected chi connectivity index (χ2v) is 11.5. The van der Waals surface area contributed by atoms with Crippen molar-refractivity contribution < 1.29 is 38.5 Å². The zero-order valence-electron chi connectivity index (χ0n) is 22.8. The Labute approximate surface area is 223 Å². The molecule has 0 spiro atoms. The Morgan fingerprint density at radius 1 is 1.21 bits per heavy atom.